The van der Waals surface area contributed by atoms with Crippen LogP contribution in [-0.2, 0) is 0 Å². The number of para-hydroxylation sites is 1. The summed E-state index contributed by atoms with van der Waals surface area (Å²) in [6.07, 6.45) is 2.91. The average molecular weight is 401 g/mol. The summed E-state index contributed by atoms with van der Waals surface area (Å²) in [5.74, 6) is 0.603. The van der Waals surface area contributed by atoms with E-state index in [1.54, 1.807) is 18.3 Å². The zero-order chi connectivity index (χ0) is 17.8. The van der Waals surface area contributed by atoms with Gasteiger partial charge in [-0.2, -0.15) is 0 Å². The van der Waals surface area contributed by atoms with Gasteiger partial charge in [0.2, 0.25) is 11.6 Å². The van der Waals surface area contributed by atoms with Gasteiger partial charge in [0, 0.05) is 10.7 Å². The predicted molar refractivity (Wildman–Crippen MR) is 98.4 cm³/mol. The Morgan fingerprint density at radius 3 is 2.40 bits per heavy atom. The molecule has 1 aromatic carbocycles. The second kappa shape index (κ2) is 7.22. The summed E-state index contributed by atoms with van der Waals surface area (Å²) in [6, 6.07) is 10.8. The summed E-state index contributed by atoms with van der Waals surface area (Å²) in [5.41, 5.74) is 1.38. The molecule has 0 saturated heterocycles. The van der Waals surface area contributed by atoms with E-state index in [0.29, 0.717) is 11.5 Å². The van der Waals surface area contributed by atoms with Crippen molar-refractivity contribution in [2.24, 2.45) is 0 Å². The normalized spacial score (nSPS) is 10.3. The molecule has 9 heteroatoms. The molecule has 0 aliphatic rings. The SMILES string of the molecule is Cc1ccc(Nc2ncnc(Nc3ccccc3Br)c2[N+](=O)[O-])nc1. The standard InChI is InChI=1S/C16H13BrN6O2/c1-10-6-7-13(18-8-10)22-16-14(23(24)25)15(19-9-20-16)21-12-5-3-2-4-11(12)17/h2-9H,1H3,(H2,18,19,20,21,22). The quantitative estimate of drug-likeness (QED) is 0.484. The Hall–Kier alpha value is -3.07. The van der Waals surface area contributed by atoms with Gasteiger partial charge in [0.15, 0.2) is 0 Å². The molecule has 2 aromatic heterocycles. The van der Waals surface area contributed by atoms with Crippen LogP contribution in [0.1, 0.15) is 5.56 Å². The first-order chi connectivity index (χ1) is 12.0. The van der Waals surface area contributed by atoms with E-state index in [2.05, 4.69) is 41.5 Å². The zero-order valence-corrected chi connectivity index (χ0v) is 14.7. The van der Waals surface area contributed by atoms with Crippen molar-refractivity contribution in [3.05, 3.63) is 69.1 Å². The van der Waals surface area contributed by atoms with Gasteiger partial charge in [-0.25, -0.2) is 15.0 Å². The fourth-order valence-electron chi connectivity index (χ4n) is 2.09. The lowest BCUT2D eigenvalue weighted by molar-refractivity contribution is -0.383. The Morgan fingerprint density at radius 1 is 1.04 bits per heavy atom. The summed E-state index contributed by atoms with van der Waals surface area (Å²) < 4.78 is 0.762. The fraction of sp³-hybridized carbons (Fsp3) is 0.0625. The predicted octanol–water partition coefficient (Wildman–Crippen LogP) is 4.34. The van der Waals surface area contributed by atoms with Crippen LogP contribution >= 0.6 is 15.9 Å². The highest BCUT2D eigenvalue weighted by Gasteiger charge is 2.24. The Labute approximate surface area is 151 Å². The summed E-state index contributed by atoms with van der Waals surface area (Å²) >= 11 is 3.39. The molecule has 2 N–H and O–H groups in total. The average Bonchev–Trinajstić information content (AvgIpc) is 2.59. The number of benzene rings is 1. The van der Waals surface area contributed by atoms with E-state index in [1.165, 1.54) is 6.33 Å². The zero-order valence-electron chi connectivity index (χ0n) is 13.1. The minimum atomic E-state index is -0.532. The molecule has 2 heterocycles. The highest BCUT2D eigenvalue weighted by molar-refractivity contribution is 9.10. The van der Waals surface area contributed by atoms with E-state index >= 15 is 0 Å². The summed E-state index contributed by atoms with van der Waals surface area (Å²) in [6.45, 7) is 1.91. The number of hydrogen-bond donors (Lipinski definition) is 2. The highest BCUT2D eigenvalue weighted by Crippen LogP contribution is 2.34. The topological polar surface area (TPSA) is 106 Å². The van der Waals surface area contributed by atoms with Crippen molar-refractivity contribution in [3.63, 3.8) is 0 Å². The number of aryl methyl sites for hydroxylation is 1. The molecule has 8 nitrogen and oxygen atoms in total. The Morgan fingerprint density at radius 2 is 1.76 bits per heavy atom. The van der Waals surface area contributed by atoms with E-state index in [9.17, 15) is 10.1 Å². The highest BCUT2D eigenvalue weighted by atomic mass is 79.9. The number of pyridine rings is 1. The van der Waals surface area contributed by atoms with E-state index < -0.39 is 4.92 Å². The Balaban J connectivity index is 1.98. The summed E-state index contributed by atoms with van der Waals surface area (Å²) in [5, 5.41) is 17.4. The van der Waals surface area contributed by atoms with E-state index in [4.69, 9.17) is 0 Å². The van der Waals surface area contributed by atoms with Crippen LogP contribution in [0.3, 0.4) is 0 Å². The molecule has 126 valence electrons. The van der Waals surface area contributed by atoms with Crippen molar-refractivity contribution < 1.29 is 4.92 Å². The van der Waals surface area contributed by atoms with Crippen LogP contribution in [0.15, 0.2) is 53.4 Å². The molecule has 25 heavy (non-hydrogen) atoms. The van der Waals surface area contributed by atoms with Crippen molar-refractivity contribution in [2.45, 2.75) is 6.92 Å². The van der Waals surface area contributed by atoms with Gasteiger partial charge in [-0.1, -0.05) is 18.2 Å². The monoisotopic (exact) mass is 400 g/mol. The van der Waals surface area contributed by atoms with Gasteiger partial charge in [-0.15, -0.1) is 0 Å². The maximum Gasteiger partial charge on any atom is 0.353 e. The lowest BCUT2D eigenvalue weighted by Crippen LogP contribution is -2.06. The third-order valence-electron chi connectivity index (χ3n) is 3.29. The van der Waals surface area contributed by atoms with Crippen molar-refractivity contribution >= 4 is 44.8 Å². The number of rotatable bonds is 5. The van der Waals surface area contributed by atoms with E-state index in [0.717, 1.165) is 10.0 Å². The molecule has 0 aliphatic carbocycles. The van der Waals surface area contributed by atoms with Crippen LogP contribution in [0, 0.1) is 17.0 Å². The molecule has 3 rings (SSSR count). The third-order valence-corrected chi connectivity index (χ3v) is 3.98. The minimum Gasteiger partial charge on any atom is -0.333 e. The number of hydrogen-bond acceptors (Lipinski definition) is 7. The van der Waals surface area contributed by atoms with Gasteiger partial charge in [-0.05, 0) is 46.6 Å². The molecular formula is C16H13BrN6O2. The lowest BCUT2D eigenvalue weighted by Gasteiger charge is -2.10. The maximum absolute atomic E-state index is 11.6. The van der Waals surface area contributed by atoms with Gasteiger partial charge in [0.25, 0.3) is 0 Å². The second-order valence-corrected chi connectivity index (χ2v) is 5.98. The third kappa shape index (κ3) is 3.89. The largest absolute Gasteiger partial charge is 0.353 e. The van der Waals surface area contributed by atoms with Gasteiger partial charge < -0.3 is 10.6 Å². The van der Waals surface area contributed by atoms with Gasteiger partial charge in [0.05, 0.1) is 10.6 Å². The molecule has 0 amide bonds. The van der Waals surface area contributed by atoms with Crippen LogP contribution in [0.5, 0.6) is 0 Å². The van der Waals surface area contributed by atoms with Gasteiger partial charge in [0.1, 0.15) is 12.1 Å². The minimum absolute atomic E-state index is 0.0610. The number of nitrogens with zero attached hydrogens (tertiary/aromatic N) is 4. The molecule has 0 unspecified atom stereocenters. The number of anilines is 4. The smallest absolute Gasteiger partial charge is 0.333 e. The van der Waals surface area contributed by atoms with Crippen LogP contribution in [0.25, 0.3) is 0 Å². The first-order valence-electron chi connectivity index (χ1n) is 7.25. The van der Waals surface area contributed by atoms with Crippen molar-refractivity contribution in [1.29, 1.82) is 0 Å². The van der Waals surface area contributed by atoms with Crippen LogP contribution in [-0.4, -0.2) is 19.9 Å². The van der Waals surface area contributed by atoms with Crippen LogP contribution in [0.2, 0.25) is 0 Å². The van der Waals surface area contributed by atoms with E-state index in [-0.39, 0.29) is 17.3 Å². The Kier molecular flexibility index (Phi) is 4.85. The molecular weight excluding hydrogens is 388 g/mol. The van der Waals surface area contributed by atoms with Gasteiger partial charge in [-0.3, -0.25) is 10.1 Å². The maximum atomic E-state index is 11.6. The molecule has 0 spiro atoms. The van der Waals surface area contributed by atoms with Crippen molar-refractivity contribution in [1.82, 2.24) is 15.0 Å². The van der Waals surface area contributed by atoms with Crippen LogP contribution in [0.4, 0.5) is 28.8 Å². The number of nitrogens with one attached hydrogen (secondary N) is 2. The van der Waals surface area contributed by atoms with E-state index in [1.807, 2.05) is 31.2 Å². The number of aromatic nitrogens is 3. The lowest BCUT2D eigenvalue weighted by atomic mass is 10.3. The Bertz CT molecular complexity index is 917. The molecule has 0 atom stereocenters. The second-order valence-electron chi connectivity index (χ2n) is 5.13. The first kappa shape index (κ1) is 16.8. The van der Waals surface area contributed by atoms with Crippen LogP contribution < -0.4 is 10.6 Å². The number of halogens is 1. The van der Waals surface area contributed by atoms with Gasteiger partial charge >= 0.3 is 5.69 Å². The molecule has 0 radical (unpaired) electrons. The molecule has 0 bridgehead atoms. The summed E-state index contributed by atoms with van der Waals surface area (Å²) in [4.78, 5) is 23.2. The molecule has 0 saturated carbocycles. The fourth-order valence-corrected chi connectivity index (χ4v) is 2.47. The first-order valence-corrected chi connectivity index (χ1v) is 8.04. The summed E-state index contributed by atoms with van der Waals surface area (Å²) in [7, 11) is 0. The molecule has 0 fully saturated rings. The van der Waals surface area contributed by atoms with Crippen molar-refractivity contribution in [2.75, 3.05) is 10.6 Å². The van der Waals surface area contributed by atoms with Crippen molar-refractivity contribution in [3.8, 4) is 0 Å². The number of nitro groups is 1. The molecule has 3 aromatic rings. The molecule has 0 aliphatic heterocycles.